The second-order valence-electron chi connectivity index (χ2n) is 5.15. The van der Waals surface area contributed by atoms with E-state index in [-0.39, 0.29) is 6.61 Å². The second kappa shape index (κ2) is 5.02. The first-order valence-corrected chi connectivity index (χ1v) is 7.08. The Kier molecular flexibility index (Phi) is 3.52. The van der Waals surface area contributed by atoms with Crippen LogP contribution in [-0.2, 0) is 17.9 Å². The molecular formula is C13H10BrF4N3O. The number of rotatable bonds is 1. The number of hydrogen-bond acceptors (Lipinski definition) is 3. The van der Waals surface area contributed by atoms with Gasteiger partial charge in [-0.3, -0.25) is 9.67 Å². The molecule has 0 N–H and O–H groups in total. The summed E-state index contributed by atoms with van der Waals surface area (Å²) in [4.78, 5) is 3.89. The quantitative estimate of drug-likeness (QED) is 0.709. The molecule has 0 aromatic carbocycles. The van der Waals surface area contributed by atoms with E-state index in [2.05, 4.69) is 26.0 Å². The predicted octanol–water partition coefficient (Wildman–Crippen LogP) is 3.70. The molecule has 1 atom stereocenters. The van der Waals surface area contributed by atoms with Crippen LogP contribution in [0.5, 0.6) is 0 Å². The molecule has 0 aliphatic carbocycles. The number of pyridine rings is 1. The molecule has 9 heteroatoms. The normalized spacial score (nSPS) is 21.7. The number of nitrogens with zero attached hydrogens (tertiary/aromatic N) is 3. The molecule has 3 heterocycles. The van der Waals surface area contributed by atoms with Crippen molar-refractivity contribution in [3.05, 3.63) is 34.3 Å². The maximum absolute atomic E-state index is 13.1. The van der Waals surface area contributed by atoms with E-state index in [9.17, 15) is 17.6 Å². The predicted molar refractivity (Wildman–Crippen MR) is 72.4 cm³/mol. The summed E-state index contributed by atoms with van der Waals surface area (Å²) in [5.41, 5.74) is -1.09. The summed E-state index contributed by atoms with van der Waals surface area (Å²) in [5, 5.41) is 4.16. The molecular weight excluding hydrogens is 370 g/mol. The van der Waals surface area contributed by atoms with Crippen LogP contribution in [0.2, 0.25) is 0 Å². The van der Waals surface area contributed by atoms with Gasteiger partial charge in [-0.25, -0.2) is 4.39 Å². The van der Waals surface area contributed by atoms with Crippen molar-refractivity contribution in [3.63, 3.8) is 0 Å². The van der Waals surface area contributed by atoms with Crippen molar-refractivity contribution >= 4 is 15.9 Å². The van der Waals surface area contributed by atoms with Gasteiger partial charge in [-0.1, -0.05) is 0 Å². The van der Waals surface area contributed by atoms with E-state index in [0.717, 1.165) is 13.1 Å². The molecule has 0 fully saturated rings. The SMILES string of the molecule is C[C@@]1(C(F)(F)F)Cn2nc(-c3ccc(F)cn3)c(Br)c2CO1. The molecule has 118 valence electrons. The fraction of sp³-hybridized carbons (Fsp3) is 0.385. The summed E-state index contributed by atoms with van der Waals surface area (Å²) in [7, 11) is 0. The molecule has 0 amide bonds. The Bertz CT molecular complexity index is 713. The minimum atomic E-state index is -4.50. The van der Waals surface area contributed by atoms with Gasteiger partial charge >= 0.3 is 6.18 Å². The lowest BCUT2D eigenvalue weighted by atomic mass is 10.1. The minimum absolute atomic E-state index is 0.231. The first kappa shape index (κ1) is 15.4. The molecule has 0 saturated carbocycles. The summed E-state index contributed by atoms with van der Waals surface area (Å²) >= 11 is 3.30. The van der Waals surface area contributed by atoms with Crippen LogP contribution in [0.1, 0.15) is 12.6 Å². The van der Waals surface area contributed by atoms with Gasteiger partial charge in [0, 0.05) is 0 Å². The highest BCUT2D eigenvalue weighted by molar-refractivity contribution is 9.10. The van der Waals surface area contributed by atoms with Crippen LogP contribution < -0.4 is 0 Å². The van der Waals surface area contributed by atoms with Crippen molar-refractivity contribution < 1.29 is 22.3 Å². The maximum Gasteiger partial charge on any atom is 0.419 e. The van der Waals surface area contributed by atoms with E-state index in [0.29, 0.717) is 21.6 Å². The van der Waals surface area contributed by atoms with Crippen molar-refractivity contribution in [2.75, 3.05) is 0 Å². The zero-order valence-electron chi connectivity index (χ0n) is 11.3. The van der Waals surface area contributed by atoms with Crippen LogP contribution in [0.4, 0.5) is 17.6 Å². The molecule has 0 unspecified atom stereocenters. The molecule has 0 radical (unpaired) electrons. The zero-order chi connectivity index (χ0) is 16.1. The fourth-order valence-electron chi connectivity index (χ4n) is 2.15. The van der Waals surface area contributed by atoms with E-state index in [4.69, 9.17) is 4.74 Å². The van der Waals surface area contributed by atoms with Crippen molar-refractivity contribution in [1.82, 2.24) is 14.8 Å². The van der Waals surface area contributed by atoms with Crippen LogP contribution in [0, 0.1) is 5.82 Å². The van der Waals surface area contributed by atoms with Gasteiger partial charge in [0.2, 0.25) is 0 Å². The smallest absolute Gasteiger partial charge is 0.358 e. The molecule has 22 heavy (non-hydrogen) atoms. The van der Waals surface area contributed by atoms with Crippen molar-refractivity contribution in [1.29, 1.82) is 0 Å². The standard InChI is InChI=1S/C13H10BrF4N3O/c1-12(13(16,17)18)6-21-9(5-22-12)10(14)11(20-21)8-3-2-7(15)4-19-8/h2-4H,5-6H2,1H3/t12-/m0/s1. The number of halogens is 5. The lowest BCUT2D eigenvalue weighted by Crippen LogP contribution is -2.51. The van der Waals surface area contributed by atoms with E-state index >= 15 is 0 Å². The molecule has 0 bridgehead atoms. The van der Waals surface area contributed by atoms with E-state index in [1.54, 1.807) is 0 Å². The lowest BCUT2D eigenvalue weighted by Gasteiger charge is -2.35. The summed E-state index contributed by atoms with van der Waals surface area (Å²) < 4.78 is 58.9. The van der Waals surface area contributed by atoms with Gasteiger partial charge in [-0.15, -0.1) is 0 Å². The number of fused-ring (bicyclic) bond motifs is 1. The van der Waals surface area contributed by atoms with Crippen LogP contribution in [0.15, 0.2) is 22.8 Å². The van der Waals surface area contributed by atoms with Crippen LogP contribution in [-0.4, -0.2) is 26.5 Å². The summed E-state index contributed by atoms with van der Waals surface area (Å²) in [6, 6.07) is 2.63. The Morgan fingerprint density at radius 2 is 2.09 bits per heavy atom. The maximum atomic E-state index is 13.1. The summed E-state index contributed by atoms with van der Waals surface area (Å²) in [6.07, 6.45) is -3.48. The fourth-order valence-corrected chi connectivity index (χ4v) is 2.76. The van der Waals surface area contributed by atoms with Crippen LogP contribution >= 0.6 is 15.9 Å². The van der Waals surface area contributed by atoms with Gasteiger partial charge in [0.15, 0.2) is 5.60 Å². The first-order chi connectivity index (χ1) is 10.2. The van der Waals surface area contributed by atoms with Crippen LogP contribution in [0.25, 0.3) is 11.4 Å². The molecule has 2 aromatic rings. The highest BCUT2D eigenvalue weighted by Crippen LogP contribution is 2.41. The number of aromatic nitrogens is 3. The third kappa shape index (κ3) is 2.41. The summed E-state index contributed by atoms with van der Waals surface area (Å²) in [6.45, 7) is 0.303. The van der Waals surface area contributed by atoms with Crippen LogP contribution in [0.3, 0.4) is 0 Å². The number of hydrogen-bond donors (Lipinski definition) is 0. The molecule has 0 spiro atoms. The minimum Gasteiger partial charge on any atom is -0.358 e. The van der Waals surface area contributed by atoms with Crippen molar-refractivity contribution in [2.24, 2.45) is 0 Å². The van der Waals surface area contributed by atoms with Crippen molar-refractivity contribution in [3.8, 4) is 11.4 Å². The van der Waals surface area contributed by atoms with E-state index in [1.807, 2.05) is 0 Å². The molecule has 1 aliphatic heterocycles. The molecule has 2 aromatic heterocycles. The highest BCUT2D eigenvalue weighted by atomic mass is 79.9. The first-order valence-electron chi connectivity index (χ1n) is 6.29. The van der Waals surface area contributed by atoms with Crippen molar-refractivity contribution in [2.45, 2.75) is 31.9 Å². The van der Waals surface area contributed by atoms with Gasteiger partial charge in [0.25, 0.3) is 0 Å². The third-order valence-corrected chi connectivity index (χ3v) is 4.38. The van der Waals surface area contributed by atoms with E-state index in [1.165, 1.54) is 16.8 Å². The molecule has 4 nitrogen and oxygen atoms in total. The zero-order valence-corrected chi connectivity index (χ0v) is 12.9. The Labute approximate surface area is 131 Å². The highest BCUT2D eigenvalue weighted by Gasteiger charge is 2.55. The van der Waals surface area contributed by atoms with Gasteiger partial charge in [-0.05, 0) is 35.0 Å². The third-order valence-electron chi connectivity index (χ3n) is 3.54. The number of ether oxygens (including phenoxy) is 1. The monoisotopic (exact) mass is 379 g/mol. The van der Waals surface area contributed by atoms with Gasteiger partial charge in [0.1, 0.15) is 11.5 Å². The second-order valence-corrected chi connectivity index (χ2v) is 5.94. The van der Waals surface area contributed by atoms with E-state index < -0.39 is 24.1 Å². The topological polar surface area (TPSA) is 39.9 Å². The summed E-state index contributed by atoms with van der Waals surface area (Å²) in [5.74, 6) is -0.503. The Morgan fingerprint density at radius 1 is 1.36 bits per heavy atom. The Balaban J connectivity index is 2.01. The lowest BCUT2D eigenvalue weighted by molar-refractivity contribution is -0.287. The largest absolute Gasteiger partial charge is 0.419 e. The number of alkyl halides is 3. The van der Waals surface area contributed by atoms with Gasteiger partial charge < -0.3 is 4.74 Å². The molecule has 0 saturated heterocycles. The molecule has 1 aliphatic rings. The average Bonchev–Trinajstić information content (AvgIpc) is 2.75. The van der Waals surface area contributed by atoms with Gasteiger partial charge in [0.05, 0.1) is 35.2 Å². The Morgan fingerprint density at radius 3 is 2.68 bits per heavy atom. The average molecular weight is 380 g/mol. The van der Waals surface area contributed by atoms with Gasteiger partial charge in [-0.2, -0.15) is 18.3 Å². The Hall–Kier alpha value is -1.48. The molecule has 3 rings (SSSR count).